The lowest BCUT2D eigenvalue weighted by Crippen LogP contribution is -2.32. The Morgan fingerprint density at radius 2 is 1.76 bits per heavy atom. The third kappa shape index (κ3) is 2.97. The zero-order valence-corrected chi connectivity index (χ0v) is 13.7. The predicted molar refractivity (Wildman–Crippen MR) is 87.9 cm³/mol. The first-order valence-electron chi connectivity index (χ1n) is 8.47. The van der Waals surface area contributed by atoms with Crippen molar-refractivity contribution in [3.63, 3.8) is 0 Å². The van der Waals surface area contributed by atoms with E-state index >= 15 is 0 Å². The van der Waals surface area contributed by atoms with E-state index in [9.17, 15) is 9.59 Å². The van der Waals surface area contributed by atoms with E-state index in [1.165, 1.54) is 4.90 Å². The van der Waals surface area contributed by atoms with Crippen molar-refractivity contribution in [3.8, 4) is 11.4 Å². The maximum atomic E-state index is 12.4. The molecule has 0 N–H and O–H groups in total. The second-order valence-electron chi connectivity index (χ2n) is 6.34. The Bertz CT molecular complexity index is 789. The number of allylic oxidation sites excluding steroid dienone is 2. The van der Waals surface area contributed by atoms with Gasteiger partial charge in [0, 0.05) is 30.9 Å². The molecule has 0 saturated carbocycles. The zero-order valence-electron chi connectivity index (χ0n) is 13.7. The van der Waals surface area contributed by atoms with Crippen LogP contribution in [0.3, 0.4) is 0 Å². The molecule has 0 spiro atoms. The maximum absolute atomic E-state index is 12.4. The highest BCUT2D eigenvalue weighted by molar-refractivity contribution is 6.05. The molecule has 1 saturated heterocycles. The van der Waals surface area contributed by atoms with E-state index in [0.717, 1.165) is 5.56 Å². The minimum Gasteiger partial charge on any atom is -0.339 e. The molecule has 0 unspecified atom stereocenters. The third-order valence-corrected chi connectivity index (χ3v) is 4.78. The second kappa shape index (κ2) is 6.58. The van der Waals surface area contributed by atoms with Gasteiger partial charge in [-0.25, -0.2) is 0 Å². The van der Waals surface area contributed by atoms with Crippen molar-refractivity contribution in [2.24, 2.45) is 11.8 Å². The minimum atomic E-state index is -0.167. The van der Waals surface area contributed by atoms with Crippen LogP contribution in [0.25, 0.3) is 11.4 Å². The first-order valence-corrected chi connectivity index (χ1v) is 8.47. The summed E-state index contributed by atoms with van der Waals surface area (Å²) in [5.74, 6) is 0.607. The molecule has 25 heavy (non-hydrogen) atoms. The average Bonchev–Trinajstić information content (AvgIpc) is 3.22. The molecular weight excluding hydrogens is 320 g/mol. The van der Waals surface area contributed by atoms with Crippen molar-refractivity contribution in [2.75, 3.05) is 6.54 Å². The lowest BCUT2D eigenvalue weighted by molar-refractivity contribution is -0.139. The Morgan fingerprint density at radius 3 is 2.44 bits per heavy atom. The number of imide groups is 1. The molecule has 0 radical (unpaired) electrons. The summed E-state index contributed by atoms with van der Waals surface area (Å²) in [7, 11) is 0. The lowest BCUT2D eigenvalue weighted by Gasteiger charge is -2.14. The Labute approximate surface area is 144 Å². The number of nitrogens with zero attached hydrogens (tertiary/aromatic N) is 4. The largest absolute Gasteiger partial charge is 0.339 e. The summed E-state index contributed by atoms with van der Waals surface area (Å²) in [6, 6.07) is 3.62. The van der Waals surface area contributed by atoms with Gasteiger partial charge in [-0.2, -0.15) is 4.98 Å². The van der Waals surface area contributed by atoms with Crippen molar-refractivity contribution in [2.45, 2.75) is 25.7 Å². The van der Waals surface area contributed by atoms with Crippen molar-refractivity contribution in [1.29, 1.82) is 0 Å². The molecule has 2 aliphatic rings. The average molecular weight is 338 g/mol. The minimum absolute atomic E-state index is 0.0395. The van der Waals surface area contributed by atoms with Gasteiger partial charge in [-0.1, -0.05) is 17.3 Å². The van der Waals surface area contributed by atoms with Crippen molar-refractivity contribution < 1.29 is 14.1 Å². The van der Waals surface area contributed by atoms with Gasteiger partial charge in [0.1, 0.15) is 0 Å². The van der Waals surface area contributed by atoms with Gasteiger partial charge < -0.3 is 4.52 Å². The summed E-state index contributed by atoms with van der Waals surface area (Å²) in [5.41, 5.74) is 0.839. The second-order valence-corrected chi connectivity index (χ2v) is 6.34. The fourth-order valence-corrected chi connectivity index (χ4v) is 3.45. The highest BCUT2D eigenvalue weighted by Gasteiger charge is 2.46. The van der Waals surface area contributed by atoms with Gasteiger partial charge in [-0.05, 0) is 31.4 Å². The van der Waals surface area contributed by atoms with Gasteiger partial charge in [-0.15, -0.1) is 0 Å². The molecule has 1 fully saturated rings. The topological polar surface area (TPSA) is 89.2 Å². The van der Waals surface area contributed by atoms with Crippen molar-refractivity contribution in [3.05, 3.63) is 42.6 Å². The van der Waals surface area contributed by atoms with Gasteiger partial charge in [0.05, 0.1) is 11.8 Å². The highest BCUT2D eigenvalue weighted by Crippen LogP contribution is 2.35. The molecule has 7 heteroatoms. The van der Waals surface area contributed by atoms with Crippen LogP contribution < -0.4 is 0 Å². The summed E-state index contributed by atoms with van der Waals surface area (Å²) in [6.07, 6.45) is 9.82. The number of likely N-dealkylation sites (tertiary alicyclic amines) is 1. The van der Waals surface area contributed by atoms with Crippen LogP contribution in [-0.4, -0.2) is 38.4 Å². The van der Waals surface area contributed by atoms with E-state index in [1.807, 2.05) is 24.3 Å². The van der Waals surface area contributed by atoms with E-state index in [1.54, 1.807) is 12.4 Å². The summed E-state index contributed by atoms with van der Waals surface area (Å²) >= 11 is 0. The predicted octanol–water partition coefficient (Wildman–Crippen LogP) is 2.02. The standard InChI is InChI=1S/C18H18N4O3/c23-17-13-4-1-2-5-14(13)18(24)22(17)11-3-6-15-20-16(21-25-15)12-7-9-19-10-8-12/h1-2,7-10,13-14H,3-6,11H2/t13-,14+. The normalized spacial score (nSPS) is 22.5. The lowest BCUT2D eigenvalue weighted by atomic mass is 9.85. The Kier molecular flexibility index (Phi) is 4.13. The van der Waals surface area contributed by atoms with Crippen LogP contribution in [0.2, 0.25) is 0 Å². The first kappa shape index (κ1) is 15.7. The van der Waals surface area contributed by atoms with Crippen LogP contribution in [0.4, 0.5) is 0 Å². The molecule has 1 aliphatic carbocycles. The Hall–Kier alpha value is -2.83. The van der Waals surface area contributed by atoms with Gasteiger partial charge in [-0.3, -0.25) is 19.5 Å². The molecule has 4 rings (SSSR count). The summed E-state index contributed by atoms with van der Waals surface area (Å²) in [5, 5.41) is 3.96. The number of carbonyl (C=O) groups excluding carboxylic acids is 2. The molecule has 0 bridgehead atoms. The number of rotatable bonds is 5. The Balaban J connectivity index is 1.35. The van der Waals surface area contributed by atoms with Crippen molar-refractivity contribution in [1.82, 2.24) is 20.0 Å². The maximum Gasteiger partial charge on any atom is 0.233 e. The molecule has 2 atom stereocenters. The number of hydrogen-bond donors (Lipinski definition) is 0. The monoisotopic (exact) mass is 338 g/mol. The quantitative estimate of drug-likeness (QED) is 0.612. The van der Waals surface area contributed by atoms with Gasteiger partial charge in [0.2, 0.25) is 23.5 Å². The molecule has 0 aromatic carbocycles. The molecule has 2 amide bonds. The fraction of sp³-hybridized carbons (Fsp3) is 0.389. The Morgan fingerprint density at radius 1 is 1.08 bits per heavy atom. The van der Waals surface area contributed by atoms with E-state index in [-0.39, 0.29) is 23.7 Å². The molecule has 128 valence electrons. The molecule has 3 heterocycles. The van der Waals surface area contributed by atoms with E-state index in [4.69, 9.17) is 4.52 Å². The number of aryl methyl sites for hydroxylation is 1. The SMILES string of the molecule is O=C1[C@H]2CC=CC[C@H]2C(=O)N1CCCc1nc(-c2ccncc2)no1. The number of carbonyl (C=O) groups is 2. The van der Waals surface area contributed by atoms with Crippen LogP contribution in [0.15, 0.2) is 41.2 Å². The number of pyridine rings is 1. The molecule has 2 aromatic heterocycles. The van der Waals surface area contributed by atoms with Crippen LogP contribution in [-0.2, 0) is 16.0 Å². The van der Waals surface area contributed by atoms with Gasteiger partial charge >= 0.3 is 0 Å². The van der Waals surface area contributed by atoms with Crippen LogP contribution in [0.5, 0.6) is 0 Å². The zero-order chi connectivity index (χ0) is 17.2. The molecular formula is C18H18N4O3. The first-order chi connectivity index (χ1) is 12.2. The smallest absolute Gasteiger partial charge is 0.233 e. The van der Waals surface area contributed by atoms with Gasteiger partial charge in [0.25, 0.3) is 0 Å². The summed E-state index contributed by atoms with van der Waals surface area (Å²) in [6.45, 7) is 0.400. The number of aromatic nitrogens is 3. The number of hydrogen-bond acceptors (Lipinski definition) is 6. The number of amides is 2. The van der Waals surface area contributed by atoms with Crippen LogP contribution in [0.1, 0.15) is 25.2 Å². The van der Waals surface area contributed by atoms with Crippen molar-refractivity contribution >= 4 is 11.8 Å². The number of fused-ring (bicyclic) bond motifs is 1. The fourth-order valence-electron chi connectivity index (χ4n) is 3.45. The third-order valence-electron chi connectivity index (χ3n) is 4.78. The van der Waals surface area contributed by atoms with Gasteiger partial charge in [0.15, 0.2) is 0 Å². The highest BCUT2D eigenvalue weighted by atomic mass is 16.5. The molecule has 1 aliphatic heterocycles. The molecule has 2 aromatic rings. The van der Waals surface area contributed by atoms with Crippen LogP contribution in [0, 0.1) is 11.8 Å². The molecule has 7 nitrogen and oxygen atoms in total. The summed E-state index contributed by atoms with van der Waals surface area (Å²) in [4.78, 5) is 34.5. The van der Waals surface area contributed by atoms with E-state index in [2.05, 4.69) is 15.1 Å². The van der Waals surface area contributed by atoms with E-state index in [0.29, 0.717) is 43.9 Å². The van der Waals surface area contributed by atoms with E-state index < -0.39 is 0 Å². The van der Waals surface area contributed by atoms with Crippen LogP contribution >= 0.6 is 0 Å². The summed E-state index contributed by atoms with van der Waals surface area (Å²) < 4.78 is 5.25.